The molecule has 0 aromatic rings. The van der Waals surface area contributed by atoms with Crippen LogP contribution < -0.4 is 5.32 Å². The van der Waals surface area contributed by atoms with E-state index in [1.807, 2.05) is 0 Å². The van der Waals surface area contributed by atoms with Crippen LogP contribution in [0.3, 0.4) is 0 Å². The van der Waals surface area contributed by atoms with Crippen molar-refractivity contribution in [3.8, 4) is 0 Å². The average Bonchev–Trinajstić information content (AvgIpc) is 2.77. The van der Waals surface area contributed by atoms with E-state index in [0.29, 0.717) is 18.0 Å². The molecule has 1 heterocycles. The van der Waals surface area contributed by atoms with Crippen molar-refractivity contribution in [1.82, 2.24) is 5.32 Å². The van der Waals surface area contributed by atoms with E-state index < -0.39 is 0 Å². The summed E-state index contributed by atoms with van der Waals surface area (Å²) in [5.41, 5.74) is 0. The fourth-order valence-electron chi connectivity index (χ4n) is 2.56. The van der Waals surface area contributed by atoms with Crippen LogP contribution in [-0.2, 0) is 4.74 Å². The maximum Gasteiger partial charge on any atom is 0.0693 e. The first kappa shape index (κ1) is 10.4. The van der Waals surface area contributed by atoms with Gasteiger partial charge in [0.1, 0.15) is 0 Å². The van der Waals surface area contributed by atoms with Gasteiger partial charge in [0.15, 0.2) is 0 Å². The summed E-state index contributed by atoms with van der Waals surface area (Å²) < 4.78 is 5.37. The van der Waals surface area contributed by atoms with Crippen LogP contribution in [0.5, 0.6) is 0 Å². The van der Waals surface area contributed by atoms with Crippen LogP contribution in [0.1, 0.15) is 32.6 Å². The third kappa shape index (κ3) is 2.27. The molecule has 0 spiro atoms. The van der Waals surface area contributed by atoms with Gasteiger partial charge < -0.3 is 15.2 Å². The zero-order valence-electron chi connectivity index (χ0n) is 8.91. The van der Waals surface area contributed by atoms with Crippen molar-refractivity contribution in [3.63, 3.8) is 0 Å². The molecule has 0 radical (unpaired) electrons. The van der Waals surface area contributed by atoms with Crippen molar-refractivity contribution in [2.75, 3.05) is 13.2 Å². The summed E-state index contributed by atoms with van der Waals surface area (Å²) in [7, 11) is 0. The Morgan fingerprint density at radius 2 is 2.21 bits per heavy atom. The lowest BCUT2D eigenvalue weighted by Gasteiger charge is -2.25. The predicted molar refractivity (Wildman–Crippen MR) is 55.2 cm³/mol. The first-order valence-corrected chi connectivity index (χ1v) is 5.79. The van der Waals surface area contributed by atoms with Crippen LogP contribution in [0.25, 0.3) is 0 Å². The summed E-state index contributed by atoms with van der Waals surface area (Å²) in [5.74, 6) is 0.641. The molecule has 2 rings (SSSR count). The first-order chi connectivity index (χ1) is 6.77. The number of hydrogen-bond acceptors (Lipinski definition) is 3. The Balaban J connectivity index is 1.78. The Morgan fingerprint density at radius 1 is 1.36 bits per heavy atom. The van der Waals surface area contributed by atoms with Gasteiger partial charge in [-0.15, -0.1) is 0 Å². The number of nitrogens with one attached hydrogen (secondary N) is 1. The van der Waals surface area contributed by atoms with Crippen molar-refractivity contribution in [2.45, 2.75) is 50.8 Å². The topological polar surface area (TPSA) is 41.5 Å². The zero-order chi connectivity index (χ0) is 9.97. The minimum absolute atomic E-state index is 0.125. The lowest BCUT2D eigenvalue weighted by Crippen LogP contribution is -2.44. The van der Waals surface area contributed by atoms with Gasteiger partial charge >= 0.3 is 0 Å². The van der Waals surface area contributed by atoms with Crippen LogP contribution in [-0.4, -0.2) is 36.5 Å². The van der Waals surface area contributed by atoms with Crippen LogP contribution >= 0.6 is 0 Å². The summed E-state index contributed by atoms with van der Waals surface area (Å²) >= 11 is 0. The number of rotatable bonds is 3. The molecule has 0 bridgehead atoms. The van der Waals surface area contributed by atoms with Gasteiger partial charge in [-0.05, 0) is 38.5 Å². The van der Waals surface area contributed by atoms with Crippen LogP contribution in [0, 0.1) is 5.92 Å². The predicted octanol–water partition coefficient (Wildman–Crippen LogP) is 0.914. The number of aliphatic hydroxyl groups is 1. The summed E-state index contributed by atoms with van der Waals surface area (Å²) in [5, 5.41) is 13.2. The quantitative estimate of drug-likeness (QED) is 0.710. The third-order valence-electron chi connectivity index (χ3n) is 3.63. The smallest absolute Gasteiger partial charge is 0.0693 e. The highest BCUT2D eigenvalue weighted by atomic mass is 16.5. The minimum atomic E-state index is -0.125. The van der Waals surface area contributed by atoms with E-state index >= 15 is 0 Å². The van der Waals surface area contributed by atoms with Gasteiger partial charge in [0, 0.05) is 18.7 Å². The molecule has 2 aliphatic rings. The maximum absolute atomic E-state index is 9.69. The standard InChI is InChI=1S/C11H21NO2/c1-8(9-5-6-14-7-9)12-10-3-2-4-11(10)13/h8-13H,2-7H2,1H3. The average molecular weight is 199 g/mol. The first-order valence-electron chi connectivity index (χ1n) is 5.79. The second-order valence-corrected chi connectivity index (χ2v) is 4.68. The molecule has 82 valence electrons. The van der Waals surface area contributed by atoms with Gasteiger partial charge in [0.05, 0.1) is 12.7 Å². The molecule has 0 amide bonds. The maximum atomic E-state index is 9.69. The molecule has 1 saturated carbocycles. The Morgan fingerprint density at radius 3 is 2.79 bits per heavy atom. The summed E-state index contributed by atoms with van der Waals surface area (Å²) in [6.07, 6.45) is 4.29. The van der Waals surface area contributed by atoms with Crippen LogP contribution in [0.4, 0.5) is 0 Å². The van der Waals surface area contributed by atoms with Crippen molar-refractivity contribution >= 4 is 0 Å². The summed E-state index contributed by atoms with van der Waals surface area (Å²) in [6, 6.07) is 0.806. The lowest BCUT2D eigenvalue weighted by molar-refractivity contribution is 0.132. The zero-order valence-corrected chi connectivity index (χ0v) is 8.91. The van der Waals surface area contributed by atoms with E-state index in [2.05, 4.69) is 12.2 Å². The van der Waals surface area contributed by atoms with Gasteiger partial charge in [-0.25, -0.2) is 0 Å². The molecule has 4 atom stereocenters. The van der Waals surface area contributed by atoms with E-state index in [-0.39, 0.29) is 6.10 Å². The molecular formula is C11H21NO2. The van der Waals surface area contributed by atoms with E-state index in [4.69, 9.17) is 4.74 Å². The van der Waals surface area contributed by atoms with E-state index in [0.717, 1.165) is 38.9 Å². The monoisotopic (exact) mass is 199 g/mol. The van der Waals surface area contributed by atoms with Gasteiger partial charge in [0.25, 0.3) is 0 Å². The highest BCUT2D eigenvalue weighted by Crippen LogP contribution is 2.22. The third-order valence-corrected chi connectivity index (χ3v) is 3.63. The van der Waals surface area contributed by atoms with Crippen LogP contribution in [0.15, 0.2) is 0 Å². The number of aliphatic hydroxyl groups excluding tert-OH is 1. The van der Waals surface area contributed by atoms with Crippen molar-refractivity contribution in [1.29, 1.82) is 0 Å². The van der Waals surface area contributed by atoms with Gasteiger partial charge in [-0.1, -0.05) is 0 Å². The molecule has 2 fully saturated rings. The Kier molecular flexibility index (Phi) is 3.42. The van der Waals surface area contributed by atoms with Crippen LogP contribution in [0.2, 0.25) is 0 Å². The van der Waals surface area contributed by atoms with Crippen molar-refractivity contribution < 1.29 is 9.84 Å². The SMILES string of the molecule is CC(NC1CCCC1O)C1CCOC1. The summed E-state index contributed by atoms with van der Waals surface area (Å²) in [6.45, 7) is 4.01. The minimum Gasteiger partial charge on any atom is -0.392 e. The molecule has 14 heavy (non-hydrogen) atoms. The molecule has 3 heteroatoms. The van der Waals surface area contributed by atoms with E-state index in [1.54, 1.807) is 0 Å². The van der Waals surface area contributed by atoms with Gasteiger partial charge in [-0.3, -0.25) is 0 Å². The second kappa shape index (κ2) is 4.60. The normalized spacial score (nSPS) is 40.3. The van der Waals surface area contributed by atoms with E-state index in [9.17, 15) is 5.11 Å². The highest BCUT2D eigenvalue weighted by Gasteiger charge is 2.29. The second-order valence-electron chi connectivity index (χ2n) is 4.68. The molecule has 0 aromatic carbocycles. The molecule has 2 N–H and O–H groups in total. The largest absolute Gasteiger partial charge is 0.392 e. The summed E-state index contributed by atoms with van der Waals surface area (Å²) in [4.78, 5) is 0. The molecular weight excluding hydrogens is 178 g/mol. The fraction of sp³-hybridized carbons (Fsp3) is 1.00. The lowest BCUT2D eigenvalue weighted by atomic mass is 9.99. The van der Waals surface area contributed by atoms with Crippen molar-refractivity contribution in [2.24, 2.45) is 5.92 Å². The Labute approximate surface area is 85.8 Å². The fourth-order valence-corrected chi connectivity index (χ4v) is 2.56. The molecule has 1 aliphatic carbocycles. The molecule has 0 aromatic heterocycles. The van der Waals surface area contributed by atoms with Gasteiger partial charge in [0.2, 0.25) is 0 Å². The Bertz CT molecular complexity index is 180. The molecule has 3 nitrogen and oxygen atoms in total. The number of ether oxygens (including phenoxy) is 1. The number of hydrogen-bond donors (Lipinski definition) is 2. The van der Waals surface area contributed by atoms with Gasteiger partial charge in [-0.2, -0.15) is 0 Å². The van der Waals surface area contributed by atoms with E-state index in [1.165, 1.54) is 0 Å². The van der Waals surface area contributed by atoms with Crippen molar-refractivity contribution in [3.05, 3.63) is 0 Å². The molecule has 4 unspecified atom stereocenters. The highest BCUT2D eigenvalue weighted by molar-refractivity contribution is 4.87. The Hall–Kier alpha value is -0.120. The molecule has 1 saturated heterocycles. The molecule has 1 aliphatic heterocycles.